The first-order valence-electron chi connectivity index (χ1n) is 7.95. The van der Waals surface area contributed by atoms with Crippen LogP contribution in [0.2, 0.25) is 0 Å². The fraction of sp³-hybridized carbons (Fsp3) is 0.667. The molecule has 3 heteroatoms. The van der Waals surface area contributed by atoms with Crippen LogP contribution in [-0.2, 0) is 4.74 Å². The Balaban J connectivity index is 2.36. The van der Waals surface area contributed by atoms with Crippen molar-refractivity contribution in [2.75, 3.05) is 6.61 Å². The molecule has 0 radical (unpaired) electrons. The SMILES string of the molecule is C=C(CC(C)(C)C)NC(CCOC1C=CCCC1)C(=C)N. The molecule has 0 spiro atoms. The van der Waals surface area contributed by atoms with Gasteiger partial charge < -0.3 is 15.8 Å². The lowest BCUT2D eigenvalue weighted by atomic mass is 9.90. The lowest BCUT2D eigenvalue weighted by Gasteiger charge is -2.26. The highest BCUT2D eigenvalue weighted by molar-refractivity contribution is 5.07. The summed E-state index contributed by atoms with van der Waals surface area (Å²) in [5.41, 5.74) is 7.77. The fourth-order valence-corrected chi connectivity index (χ4v) is 2.55. The molecule has 3 N–H and O–H groups in total. The zero-order valence-corrected chi connectivity index (χ0v) is 14.0. The second kappa shape index (κ2) is 8.28. The maximum atomic E-state index is 5.90. The van der Waals surface area contributed by atoms with Gasteiger partial charge in [-0.05, 0) is 37.5 Å². The summed E-state index contributed by atoms with van der Waals surface area (Å²) in [6.45, 7) is 15.3. The Hall–Kier alpha value is -1.22. The van der Waals surface area contributed by atoms with Crippen LogP contribution in [0.1, 0.15) is 52.9 Å². The minimum atomic E-state index is 0.0346. The van der Waals surface area contributed by atoms with E-state index in [2.05, 4.69) is 51.4 Å². The number of ether oxygens (including phenoxy) is 1. The van der Waals surface area contributed by atoms with E-state index < -0.39 is 0 Å². The molecule has 1 aliphatic rings. The maximum absolute atomic E-state index is 5.90. The summed E-state index contributed by atoms with van der Waals surface area (Å²) in [6, 6.07) is 0.0346. The first-order chi connectivity index (χ1) is 9.78. The summed E-state index contributed by atoms with van der Waals surface area (Å²) in [4.78, 5) is 0. The smallest absolute Gasteiger partial charge is 0.0755 e. The van der Waals surface area contributed by atoms with E-state index in [4.69, 9.17) is 10.5 Å². The van der Waals surface area contributed by atoms with Crippen LogP contribution in [0.15, 0.2) is 36.7 Å². The fourth-order valence-electron chi connectivity index (χ4n) is 2.55. The topological polar surface area (TPSA) is 47.3 Å². The third kappa shape index (κ3) is 7.96. The summed E-state index contributed by atoms with van der Waals surface area (Å²) >= 11 is 0. The highest BCUT2D eigenvalue weighted by Gasteiger charge is 2.17. The Morgan fingerprint density at radius 2 is 2.14 bits per heavy atom. The van der Waals surface area contributed by atoms with E-state index in [1.54, 1.807) is 0 Å². The van der Waals surface area contributed by atoms with Crippen molar-refractivity contribution in [1.82, 2.24) is 5.32 Å². The van der Waals surface area contributed by atoms with Gasteiger partial charge in [0.15, 0.2) is 0 Å². The van der Waals surface area contributed by atoms with Crippen molar-refractivity contribution >= 4 is 0 Å². The summed E-state index contributed by atoms with van der Waals surface area (Å²) in [7, 11) is 0. The van der Waals surface area contributed by atoms with Crippen LogP contribution >= 0.6 is 0 Å². The highest BCUT2D eigenvalue weighted by Crippen LogP contribution is 2.22. The van der Waals surface area contributed by atoms with Crippen molar-refractivity contribution in [3.05, 3.63) is 36.7 Å². The number of rotatable bonds is 8. The largest absolute Gasteiger partial charge is 0.401 e. The molecule has 1 aliphatic carbocycles. The molecule has 0 saturated heterocycles. The predicted molar refractivity (Wildman–Crippen MR) is 90.8 cm³/mol. The Labute approximate surface area is 130 Å². The third-order valence-corrected chi connectivity index (χ3v) is 3.52. The van der Waals surface area contributed by atoms with Crippen molar-refractivity contribution in [3.8, 4) is 0 Å². The average Bonchev–Trinajstić information content (AvgIpc) is 2.36. The molecular weight excluding hydrogens is 260 g/mol. The number of allylic oxidation sites excluding steroid dienone is 2. The van der Waals surface area contributed by atoms with Gasteiger partial charge in [0, 0.05) is 18.0 Å². The van der Waals surface area contributed by atoms with E-state index in [-0.39, 0.29) is 17.6 Å². The van der Waals surface area contributed by atoms with Crippen LogP contribution in [0.25, 0.3) is 0 Å². The van der Waals surface area contributed by atoms with Gasteiger partial charge in [-0.2, -0.15) is 0 Å². The van der Waals surface area contributed by atoms with Gasteiger partial charge in [-0.25, -0.2) is 0 Å². The Morgan fingerprint density at radius 1 is 1.43 bits per heavy atom. The molecule has 0 saturated carbocycles. The number of nitrogens with one attached hydrogen (secondary N) is 1. The van der Waals surface area contributed by atoms with Crippen molar-refractivity contribution in [3.63, 3.8) is 0 Å². The molecule has 2 atom stereocenters. The lowest BCUT2D eigenvalue weighted by Crippen LogP contribution is -2.35. The van der Waals surface area contributed by atoms with Gasteiger partial charge in [0.05, 0.1) is 12.1 Å². The van der Waals surface area contributed by atoms with E-state index in [0.29, 0.717) is 12.3 Å². The van der Waals surface area contributed by atoms with Gasteiger partial charge in [-0.15, -0.1) is 0 Å². The Bertz CT molecular complexity index is 379. The number of hydrogen-bond donors (Lipinski definition) is 2. The van der Waals surface area contributed by atoms with E-state index in [9.17, 15) is 0 Å². The van der Waals surface area contributed by atoms with Crippen LogP contribution in [0.3, 0.4) is 0 Å². The van der Waals surface area contributed by atoms with Gasteiger partial charge >= 0.3 is 0 Å². The van der Waals surface area contributed by atoms with Gasteiger partial charge in [-0.1, -0.05) is 46.1 Å². The molecule has 0 heterocycles. The standard InChI is InChI=1S/C18H32N2O/c1-14(13-18(3,4)5)20-17(15(2)19)11-12-21-16-9-7-6-8-10-16/h7,9,16-17,20H,1-2,6,8,10-13,19H2,3-5H3. The van der Waals surface area contributed by atoms with Gasteiger partial charge in [-0.3, -0.25) is 0 Å². The van der Waals surface area contributed by atoms with Gasteiger partial charge in [0.1, 0.15) is 0 Å². The molecule has 0 amide bonds. The molecule has 0 fully saturated rings. The minimum Gasteiger partial charge on any atom is -0.401 e. The summed E-state index contributed by atoms with van der Waals surface area (Å²) in [6.07, 6.45) is 9.90. The summed E-state index contributed by atoms with van der Waals surface area (Å²) < 4.78 is 5.89. The Morgan fingerprint density at radius 3 is 2.67 bits per heavy atom. The minimum absolute atomic E-state index is 0.0346. The zero-order valence-electron chi connectivity index (χ0n) is 14.0. The zero-order chi connectivity index (χ0) is 15.9. The molecule has 0 aromatic heterocycles. The predicted octanol–water partition coefficient (Wildman–Crippen LogP) is 3.88. The van der Waals surface area contributed by atoms with Crippen LogP contribution in [0.5, 0.6) is 0 Å². The van der Waals surface area contributed by atoms with Crippen molar-refractivity contribution in [2.24, 2.45) is 11.1 Å². The second-order valence-electron chi connectivity index (χ2n) is 7.17. The molecule has 120 valence electrons. The molecule has 21 heavy (non-hydrogen) atoms. The lowest BCUT2D eigenvalue weighted by molar-refractivity contribution is 0.0704. The molecule has 0 aromatic carbocycles. The molecular formula is C18H32N2O. The molecule has 2 unspecified atom stereocenters. The monoisotopic (exact) mass is 292 g/mol. The second-order valence-corrected chi connectivity index (χ2v) is 7.17. The Kier molecular flexibility index (Phi) is 7.03. The molecule has 0 bridgehead atoms. The van der Waals surface area contributed by atoms with E-state index in [0.717, 1.165) is 25.0 Å². The van der Waals surface area contributed by atoms with Crippen LogP contribution in [0, 0.1) is 5.41 Å². The van der Waals surface area contributed by atoms with E-state index in [1.165, 1.54) is 12.8 Å². The van der Waals surface area contributed by atoms with Crippen LogP contribution < -0.4 is 11.1 Å². The average molecular weight is 292 g/mol. The first-order valence-corrected chi connectivity index (χ1v) is 7.95. The molecule has 3 nitrogen and oxygen atoms in total. The van der Waals surface area contributed by atoms with Crippen molar-refractivity contribution < 1.29 is 4.74 Å². The van der Waals surface area contributed by atoms with Crippen molar-refractivity contribution in [2.45, 2.75) is 65.0 Å². The van der Waals surface area contributed by atoms with Gasteiger partial charge in [0.2, 0.25) is 0 Å². The maximum Gasteiger partial charge on any atom is 0.0755 e. The molecule has 0 aliphatic heterocycles. The summed E-state index contributed by atoms with van der Waals surface area (Å²) in [5, 5.41) is 3.39. The van der Waals surface area contributed by atoms with Crippen LogP contribution in [-0.4, -0.2) is 18.8 Å². The summed E-state index contributed by atoms with van der Waals surface area (Å²) in [5.74, 6) is 0. The van der Waals surface area contributed by atoms with Crippen molar-refractivity contribution in [1.29, 1.82) is 0 Å². The highest BCUT2D eigenvalue weighted by atomic mass is 16.5. The molecule has 0 aromatic rings. The number of hydrogen-bond acceptors (Lipinski definition) is 3. The molecule has 1 rings (SSSR count). The number of nitrogens with two attached hydrogens (primary N) is 1. The third-order valence-electron chi connectivity index (χ3n) is 3.52. The van der Waals surface area contributed by atoms with Gasteiger partial charge in [0.25, 0.3) is 0 Å². The quantitative estimate of drug-likeness (QED) is 0.667. The van der Waals surface area contributed by atoms with Crippen LogP contribution in [0.4, 0.5) is 0 Å². The normalized spacial score (nSPS) is 20.0. The van der Waals surface area contributed by atoms with E-state index >= 15 is 0 Å². The first kappa shape index (κ1) is 17.8. The van der Waals surface area contributed by atoms with E-state index in [1.807, 2.05) is 0 Å².